The quantitative estimate of drug-likeness (QED) is 0.447. The molecule has 1 saturated carbocycles. The fourth-order valence-electron chi connectivity index (χ4n) is 4.61. The highest BCUT2D eigenvalue weighted by atomic mass is 35.5. The Bertz CT molecular complexity index is 989. The van der Waals surface area contributed by atoms with Crippen molar-refractivity contribution in [3.05, 3.63) is 53.6 Å². The lowest BCUT2D eigenvalue weighted by Gasteiger charge is -2.32. The van der Waals surface area contributed by atoms with E-state index in [1.165, 1.54) is 19.3 Å². The molecule has 1 aliphatic rings. The third-order valence-electron chi connectivity index (χ3n) is 6.17. The van der Waals surface area contributed by atoms with Crippen LogP contribution in [-0.4, -0.2) is 22.0 Å². The first-order chi connectivity index (χ1) is 14.7. The van der Waals surface area contributed by atoms with Crippen molar-refractivity contribution in [2.24, 2.45) is 5.92 Å². The summed E-state index contributed by atoms with van der Waals surface area (Å²) in [4.78, 5) is 18.5. The lowest BCUT2D eigenvalue weighted by Crippen LogP contribution is -2.38. The monoisotopic (exact) mass is 423 g/mol. The second-order valence-electron chi connectivity index (χ2n) is 8.29. The number of rotatable bonds is 7. The maximum absolute atomic E-state index is 13.5. The summed E-state index contributed by atoms with van der Waals surface area (Å²) in [6, 6.07) is 15.6. The lowest BCUT2D eigenvalue weighted by atomic mass is 9.83. The van der Waals surface area contributed by atoms with E-state index < -0.39 is 0 Å². The minimum absolute atomic E-state index is 0.119. The molecule has 30 heavy (non-hydrogen) atoms. The van der Waals surface area contributed by atoms with Crippen LogP contribution in [0.15, 0.2) is 48.5 Å². The third kappa shape index (κ3) is 4.39. The SMILES string of the molecule is CCCCNC(=O)C(C1CCCCC1)n1c(-c2ccc(Cl)cc2)nc2ccccc21. The minimum Gasteiger partial charge on any atom is -0.354 e. The fraction of sp³-hybridized carbons (Fsp3) is 0.440. The molecule has 0 bridgehead atoms. The normalized spacial score (nSPS) is 15.9. The highest BCUT2D eigenvalue weighted by Crippen LogP contribution is 2.38. The van der Waals surface area contributed by atoms with E-state index in [1.54, 1.807) is 0 Å². The molecule has 1 aromatic heterocycles. The number of nitrogens with one attached hydrogen (secondary N) is 1. The molecule has 4 nitrogen and oxygen atoms in total. The lowest BCUT2D eigenvalue weighted by molar-refractivity contribution is -0.126. The second-order valence-corrected chi connectivity index (χ2v) is 8.72. The van der Waals surface area contributed by atoms with E-state index >= 15 is 0 Å². The van der Waals surface area contributed by atoms with Crippen LogP contribution in [0.4, 0.5) is 0 Å². The van der Waals surface area contributed by atoms with Crippen LogP contribution in [0.5, 0.6) is 0 Å². The van der Waals surface area contributed by atoms with Crippen molar-refractivity contribution in [1.29, 1.82) is 0 Å². The number of hydrogen-bond acceptors (Lipinski definition) is 2. The second kappa shape index (κ2) is 9.65. The first-order valence-electron chi connectivity index (χ1n) is 11.2. The van der Waals surface area contributed by atoms with E-state index in [0.717, 1.165) is 54.6 Å². The number of imidazole rings is 1. The summed E-state index contributed by atoms with van der Waals surface area (Å²) >= 11 is 6.13. The van der Waals surface area contributed by atoms with E-state index in [2.05, 4.69) is 22.9 Å². The summed E-state index contributed by atoms with van der Waals surface area (Å²) in [6.07, 6.45) is 7.86. The smallest absolute Gasteiger partial charge is 0.243 e. The summed E-state index contributed by atoms with van der Waals surface area (Å²) in [5.74, 6) is 1.28. The van der Waals surface area contributed by atoms with Crippen molar-refractivity contribution in [2.75, 3.05) is 6.54 Å². The molecule has 1 aliphatic carbocycles. The molecule has 0 radical (unpaired) electrons. The molecule has 1 amide bonds. The van der Waals surface area contributed by atoms with Crippen molar-refractivity contribution in [1.82, 2.24) is 14.9 Å². The molecule has 3 aromatic rings. The molecule has 4 rings (SSSR count). The number of carbonyl (C=O) groups excluding carboxylic acids is 1. The van der Waals surface area contributed by atoms with Gasteiger partial charge in [0.25, 0.3) is 0 Å². The summed E-state index contributed by atoms with van der Waals surface area (Å²) in [6.45, 7) is 2.87. The van der Waals surface area contributed by atoms with Crippen LogP contribution in [0.1, 0.15) is 57.9 Å². The highest BCUT2D eigenvalue weighted by Gasteiger charge is 2.34. The highest BCUT2D eigenvalue weighted by molar-refractivity contribution is 6.30. The van der Waals surface area contributed by atoms with Gasteiger partial charge in [0.15, 0.2) is 0 Å². The Morgan fingerprint density at radius 3 is 2.60 bits per heavy atom. The topological polar surface area (TPSA) is 46.9 Å². The number of unbranched alkanes of at least 4 members (excludes halogenated alkanes) is 1. The fourth-order valence-corrected chi connectivity index (χ4v) is 4.74. The largest absolute Gasteiger partial charge is 0.354 e. The number of fused-ring (bicyclic) bond motifs is 1. The number of amides is 1. The van der Waals surface area contributed by atoms with Crippen molar-refractivity contribution in [3.63, 3.8) is 0 Å². The summed E-state index contributed by atoms with van der Waals surface area (Å²) in [5, 5.41) is 3.91. The molecule has 0 saturated heterocycles. The molecule has 1 unspecified atom stereocenters. The molecule has 1 N–H and O–H groups in total. The average molecular weight is 424 g/mol. The van der Waals surface area contributed by atoms with E-state index in [9.17, 15) is 4.79 Å². The Morgan fingerprint density at radius 1 is 1.13 bits per heavy atom. The van der Waals surface area contributed by atoms with Gasteiger partial charge in [0.05, 0.1) is 11.0 Å². The van der Waals surface area contributed by atoms with Gasteiger partial charge in [-0.05, 0) is 61.6 Å². The first kappa shape index (κ1) is 20.9. The molecule has 1 atom stereocenters. The van der Waals surface area contributed by atoms with Crippen molar-refractivity contribution in [3.8, 4) is 11.4 Å². The van der Waals surface area contributed by atoms with Crippen LogP contribution >= 0.6 is 11.6 Å². The van der Waals surface area contributed by atoms with Crippen LogP contribution in [0, 0.1) is 5.92 Å². The molecular formula is C25H30ClN3O. The summed E-state index contributed by atoms with van der Waals surface area (Å²) in [5.41, 5.74) is 2.92. The Labute approximate surface area is 183 Å². The average Bonchev–Trinajstić information content (AvgIpc) is 3.15. The van der Waals surface area contributed by atoms with Gasteiger partial charge in [-0.1, -0.05) is 56.3 Å². The van der Waals surface area contributed by atoms with E-state index in [-0.39, 0.29) is 11.9 Å². The Kier molecular flexibility index (Phi) is 6.73. The maximum Gasteiger partial charge on any atom is 0.243 e. The molecule has 1 heterocycles. The number of carbonyl (C=O) groups is 1. The van der Waals surface area contributed by atoms with Gasteiger partial charge in [-0.25, -0.2) is 4.98 Å². The molecule has 2 aromatic carbocycles. The number of halogens is 1. The van der Waals surface area contributed by atoms with Crippen LogP contribution < -0.4 is 5.32 Å². The van der Waals surface area contributed by atoms with Gasteiger partial charge in [-0.15, -0.1) is 0 Å². The Morgan fingerprint density at radius 2 is 1.87 bits per heavy atom. The zero-order valence-electron chi connectivity index (χ0n) is 17.6. The van der Waals surface area contributed by atoms with Crippen molar-refractivity contribution < 1.29 is 4.79 Å². The number of hydrogen-bond donors (Lipinski definition) is 1. The molecule has 5 heteroatoms. The maximum atomic E-state index is 13.5. The van der Waals surface area contributed by atoms with E-state index in [0.29, 0.717) is 10.9 Å². The molecule has 0 aliphatic heterocycles. The molecule has 0 spiro atoms. The van der Waals surface area contributed by atoms with Gasteiger partial charge in [0.2, 0.25) is 5.91 Å². The van der Waals surface area contributed by atoms with Gasteiger partial charge >= 0.3 is 0 Å². The first-order valence-corrected chi connectivity index (χ1v) is 11.6. The number of para-hydroxylation sites is 2. The third-order valence-corrected chi connectivity index (χ3v) is 6.42. The van der Waals surface area contributed by atoms with Gasteiger partial charge in [0, 0.05) is 17.1 Å². The summed E-state index contributed by atoms with van der Waals surface area (Å²) < 4.78 is 2.19. The van der Waals surface area contributed by atoms with Crippen LogP contribution in [0.25, 0.3) is 22.4 Å². The van der Waals surface area contributed by atoms with E-state index in [1.807, 2.05) is 42.5 Å². The van der Waals surface area contributed by atoms with Gasteiger partial charge in [-0.3, -0.25) is 4.79 Å². The van der Waals surface area contributed by atoms with Crippen LogP contribution in [-0.2, 0) is 4.79 Å². The van der Waals surface area contributed by atoms with Gasteiger partial charge < -0.3 is 9.88 Å². The number of benzene rings is 2. The number of nitrogens with zero attached hydrogens (tertiary/aromatic N) is 2. The van der Waals surface area contributed by atoms with Crippen LogP contribution in [0.2, 0.25) is 5.02 Å². The predicted molar refractivity (Wildman–Crippen MR) is 124 cm³/mol. The zero-order valence-corrected chi connectivity index (χ0v) is 18.4. The molecule has 158 valence electrons. The van der Waals surface area contributed by atoms with Gasteiger partial charge in [-0.2, -0.15) is 0 Å². The van der Waals surface area contributed by atoms with Gasteiger partial charge in [0.1, 0.15) is 11.9 Å². The van der Waals surface area contributed by atoms with Crippen LogP contribution in [0.3, 0.4) is 0 Å². The zero-order chi connectivity index (χ0) is 20.9. The number of aromatic nitrogens is 2. The Balaban J connectivity index is 1.83. The van der Waals surface area contributed by atoms with Crippen molar-refractivity contribution in [2.45, 2.75) is 57.9 Å². The van der Waals surface area contributed by atoms with Crippen molar-refractivity contribution >= 4 is 28.5 Å². The predicted octanol–water partition coefficient (Wildman–Crippen LogP) is 6.39. The van der Waals surface area contributed by atoms with E-state index in [4.69, 9.17) is 16.6 Å². The standard InChI is InChI=1S/C25H30ClN3O/c1-2-3-17-27-25(30)23(18-9-5-4-6-10-18)29-22-12-8-7-11-21(22)28-24(29)19-13-15-20(26)16-14-19/h7-8,11-16,18,23H,2-6,9-10,17H2,1H3,(H,27,30). The Hall–Kier alpha value is -2.33. The summed E-state index contributed by atoms with van der Waals surface area (Å²) in [7, 11) is 0. The minimum atomic E-state index is -0.250. The molecular weight excluding hydrogens is 394 g/mol. The molecule has 1 fully saturated rings.